The molecule has 0 saturated carbocycles. The Balaban J connectivity index is 1.28. The van der Waals surface area contributed by atoms with Gasteiger partial charge in [-0.25, -0.2) is 0 Å². The summed E-state index contributed by atoms with van der Waals surface area (Å²) in [6.45, 7) is 3.84. The van der Waals surface area contributed by atoms with Gasteiger partial charge in [0.2, 0.25) is 17.8 Å². The van der Waals surface area contributed by atoms with Crippen LogP contribution in [0.5, 0.6) is 0 Å². The number of aromatic nitrogens is 4. The third kappa shape index (κ3) is 5.18. The number of carbonyl (C=O) groups is 2. The van der Waals surface area contributed by atoms with Crippen LogP contribution in [-0.2, 0) is 16.1 Å². The van der Waals surface area contributed by atoms with Crippen molar-refractivity contribution in [2.45, 2.75) is 13.0 Å². The summed E-state index contributed by atoms with van der Waals surface area (Å²) < 4.78 is 1.61. The third-order valence-corrected chi connectivity index (χ3v) is 6.76. The summed E-state index contributed by atoms with van der Waals surface area (Å²) in [7, 11) is 0. The monoisotopic (exact) mass is 519 g/mol. The molecule has 2 amide bonds. The van der Waals surface area contributed by atoms with E-state index in [1.807, 2.05) is 54.6 Å². The molecule has 2 saturated heterocycles. The molecule has 39 heavy (non-hydrogen) atoms. The molecule has 0 unspecified atom stereocenters. The molecule has 6 rings (SSSR count). The average molecular weight is 520 g/mol. The standard InChI is InChI=1S/C28H25N9O2/c29-16-19-5-4-6-20(13-19)18-35-9-11-36(12-10-35)27-33-25-22(14-21-15-24(38)32-26(21)39)17-30-37(25)28(34-27)31-23-7-2-1-3-8-23/h1-8,13-14,17H,9-12,15,18H2,(H,31,33,34)(H,32,38,39)/b21-14+. The average Bonchev–Trinajstić information content (AvgIpc) is 3.51. The van der Waals surface area contributed by atoms with E-state index in [0.717, 1.165) is 44.0 Å². The van der Waals surface area contributed by atoms with Gasteiger partial charge in [0, 0.05) is 49.5 Å². The molecule has 2 aromatic carbocycles. The van der Waals surface area contributed by atoms with E-state index in [-0.39, 0.29) is 12.3 Å². The number of piperazine rings is 1. The van der Waals surface area contributed by atoms with Crippen LogP contribution in [0.2, 0.25) is 0 Å². The molecule has 2 aromatic heterocycles. The van der Waals surface area contributed by atoms with Crippen LogP contribution in [0.4, 0.5) is 17.6 Å². The zero-order chi connectivity index (χ0) is 26.8. The lowest BCUT2D eigenvalue weighted by Crippen LogP contribution is -2.46. The van der Waals surface area contributed by atoms with E-state index in [2.05, 4.69) is 31.6 Å². The third-order valence-electron chi connectivity index (χ3n) is 6.76. The number of nitrogens with one attached hydrogen (secondary N) is 2. The van der Waals surface area contributed by atoms with Gasteiger partial charge in [-0.1, -0.05) is 30.3 Å². The maximum Gasteiger partial charge on any atom is 0.254 e. The molecule has 2 aliphatic heterocycles. The summed E-state index contributed by atoms with van der Waals surface area (Å²) in [5.74, 6) is 0.335. The maximum absolute atomic E-state index is 12.2. The number of nitrogens with zero attached hydrogens (tertiary/aromatic N) is 7. The second kappa shape index (κ2) is 10.4. The SMILES string of the molecule is N#Cc1cccc(CN2CCN(c3nc(Nc4ccccc4)n4ncc(/C=C5\CC(=O)NC5=O)c4n3)CC2)c1. The van der Waals surface area contributed by atoms with Crippen molar-refractivity contribution in [2.24, 2.45) is 0 Å². The number of para-hydroxylation sites is 1. The fraction of sp³-hybridized carbons (Fsp3) is 0.214. The lowest BCUT2D eigenvalue weighted by atomic mass is 10.1. The largest absolute Gasteiger partial charge is 0.338 e. The van der Waals surface area contributed by atoms with Gasteiger partial charge in [0.1, 0.15) is 0 Å². The minimum atomic E-state index is -0.396. The Morgan fingerprint density at radius 3 is 2.59 bits per heavy atom. The van der Waals surface area contributed by atoms with Gasteiger partial charge in [-0.2, -0.15) is 24.8 Å². The summed E-state index contributed by atoms with van der Waals surface area (Å²) >= 11 is 0. The predicted molar refractivity (Wildman–Crippen MR) is 145 cm³/mol. The highest BCUT2D eigenvalue weighted by Crippen LogP contribution is 2.24. The van der Waals surface area contributed by atoms with Gasteiger partial charge in [-0.15, -0.1) is 0 Å². The molecular weight excluding hydrogens is 494 g/mol. The molecule has 194 valence electrons. The van der Waals surface area contributed by atoms with Crippen LogP contribution < -0.4 is 15.5 Å². The smallest absolute Gasteiger partial charge is 0.254 e. The van der Waals surface area contributed by atoms with Crippen molar-refractivity contribution in [1.29, 1.82) is 5.26 Å². The van der Waals surface area contributed by atoms with E-state index >= 15 is 0 Å². The highest BCUT2D eigenvalue weighted by molar-refractivity contribution is 6.15. The van der Waals surface area contributed by atoms with Crippen LogP contribution in [-0.4, -0.2) is 62.5 Å². The highest BCUT2D eigenvalue weighted by Gasteiger charge is 2.26. The summed E-state index contributed by atoms with van der Waals surface area (Å²) in [6, 6.07) is 19.6. The van der Waals surface area contributed by atoms with Gasteiger partial charge in [-0.05, 0) is 35.9 Å². The van der Waals surface area contributed by atoms with Crippen LogP contribution in [0, 0.1) is 11.3 Å². The van der Waals surface area contributed by atoms with Crippen LogP contribution in [0.3, 0.4) is 0 Å². The summed E-state index contributed by atoms with van der Waals surface area (Å²) in [5.41, 5.74) is 4.17. The van der Waals surface area contributed by atoms with Crippen LogP contribution >= 0.6 is 0 Å². The van der Waals surface area contributed by atoms with E-state index in [4.69, 9.17) is 9.97 Å². The number of anilines is 3. The summed E-state index contributed by atoms with van der Waals surface area (Å²) in [6.07, 6.45) is 3.32. The van der Waals surface area contributed by atoms with Gasteiger partial charge in [0.25, 0.3) is 5.91 Å². The zero-order valence-electron chi connectivity index (χ0n) is 21.0. The maximum atomic E-state index is 12.2. The minimum absolute atomic E-state index is 0.0302. The Morgan fingerprint density at radius 1 is 1.03 bits per heavy atom. The Labute approximate surface area is 224 Å². The lowest BCUT2D eigenvalue weighted by Gasteiger charge is -2.34. The van der Waals surface area contributed by atoms with Crippen molar-refractivity contribution in [3.05, 3.63) is 83.1 Å². The quantitative estimate of drug-likeness (QED) is 0.291. The molecule has 2 aliphatic rings. The molecule has 0 bridgehead atoms. The number of carbonyl (C=O) groups excluding carboxylic acids is 2. The first-order valence-corrected chi connectivity index (χ1v) is 12.6. The molecule has 11 heteroatoms. The van der Waals surface area contributed by atoms with Crippen molar-refractivity contribution in [3.8, 4) is 6.07 Å². The zero-order valence-corrected chi connectivity index (χ0v) is 21.0. The van der Waals surface area contributed by atoms with Crippen molar-refractivity contribution in [1.82, 2.24) is 29.8 Å². The minimum Gasteiger partial charge on any atom is -0.338 e. The van der Waals surface area contributed by atoms with E-state index < -0.39 is 5.91 Å². The van der Waals surface area contributed by atoms with E-state index in [9.17, 15) is 14.9 Å². The number of imide groups is 1. The molecule has 2 N–H and O–H groups in total. The molecule has 4 aromatic rings. The van der Waals surface area contributed by atoms with Crippen molar-refractivity contribution in [3.63, 3.8) is 0 Å². The number of amides is 2. The fourth-order valence-electron chi connectivity index (χ4n) is 4.77. The summed E-state index contributed by atoms with van der Waals surface area (Å²) in [4.78, 5) is 38.0. The number of benzene rings is 2. The van der Waals surface area contributed by atoms with E-state index in [0.29, 0.717) is 34.2 Å². The van der Waals surface area contributed by atoms with Crippen molar-refractivity contribution < 1.29 is 9.59 Å². The second-order valence-corrected chi connectivity index (χ2v) is 9.47. The van der Waals surface area contributed by atoms with Crippen LogP contribution in [0.1, 0.15) is 23.1 Å². The molecule has 4 heterocycles. The van der Waals surface area contributed by atoms with Gasteiger partial charge < -0.3 is 10.2 Å². The molecule has 0 radical (unpaired) electrons. The lowest BCUT2D eigenvalue weighted by molar-refractivity contribution is -0.124. The van der Waals surface area contributed by atoms with Gasteiger partial charge in [-0.3, -0.25) is 19.8 Å². The molecule has 0 aliphatic carbocycles. The Kier molecular flexibility index (Phi) is 6.44. The molecule has 2 fully saturated rings. The number of fused-ring (bicyclic) bond motifs is 1. The topological polar surface area (TPSA) is 132 Å². The van der Waals surface area contributed by atoms with Crippen molar-refractivity contribution in [2.75, 3.05) is 36.4 Å². The normalized spacial score (nSPS) is 17.0. The van der Waals surface area contributed by atoms with Gasteiger partial charge in [0.15, 0.2) is 5.65 Å². The first-order chi connectivity index (χ1) is 19.1. The molecule has 0 atom stereocenters. The number of nitriles is 1. The Hall–Kier alpha value is -5.08. The first-order valence-electron chi connectivity index (χ1n) is 12.6. The molecular formula is C28H25N9O2. The molecule has 11 nitrogen and oxygen atoms in total. The second-order valence-electron chi connectivity index (χ2n) is 9.47. The van der Waals surface area contributed by atoms with Crippen LogP contribution in [0.15, 0.2) is 66.4 Å². The summed E-state index contributed by atoms with van der Waals surface area (Å²) in [5, 5.41) is 19.3. The van der Waals surface area contributed by atoms with Crippen molar-refractivity contribution >= 4 is 41.1 Å². The predicted octanol–water partition coefficient (Wildman–Crippen LogP) is 2.49. The Morgan fingerprint density at radius 2 is 1.85 bits per heavy atom. The first kappa shape index (κ1) is 24.3. The number of rotatable bonds is 6. The van der Waals surface area contributed by atoms with Crippen LogP contribution in [0.25, 0.3) is 11.7 Å². The fourth-order valence-corrected chi connectivity index (χ4v) is 4.77. The molecule has 0 spiro atoms. The van der Waals surface area contributed by atoms with E-state index in [1.165, 1.54) is 0 Å². The van der Waals surface area contributed by atoms with Gasteiger partial charge >= 0.3 is 0 Å². The highest BCUT2D eigenvalue weighted by atomic mass is 16.2. The van der Waals surface area contributed by atoms with E-state index in [1.54, 1.807) is 16.8 Å². The van der Waals surface area contributed by atoms with Gasteiger partial charge in [0.05, 0.1) is 24.3 Å². The Bertz CT molecular complexity index is 1630. The number of hydrogen-bond acceptors (Lipinski definition) is 9. The number of hydrogen-bond donors (Lipinski definition) is 2.